The van der Waals surface area contributed by atoms with Crippen molar-refractivity contribution in [3.8, 4) is 5.75 Å². The molecule has 0 aliphatic heterocycles. The van der Waals surface area contributed by atoms with Crippen molar-refractivity contribution in [2.24, 2.45) is 0 Å². The van der Waals surface area contributed by atoms with Crippen LogP contribution in [-0.4, -0.2) is 35.9 Å². The highest BCUT2D eigenvalue weighted by molar-refractivity contribution is 5.89. The van der Waals surface area contributed by atoms with Crippen LogP contribution in [0.5, 0.6) is 5.75 Å². The Hall–Kier alpha value is -3.34. The molecule has 3 aromatic carbocycles. The molecular weight excluding hydrogens is 412 g/mol. The van der Waals surface area contributed by atoms with Crippen molar-refractivity contribution >= 4 is 22.6 Å². The van der Waals surface area contributed by atoms with E-state index in [2.05, 4.69) is 29.6 Å². The van der Waals surface area contributed by atoms with E-state index >= 15 is 0 Å². The van der Waals surface area contributed by atoms with E-state index in [1.165, 1.54) is 0 Å². The molecule has 0 aromatic heterocycles. The third-order valence-corrected chi connectivity index (χ3v) is 6.14. The number of hydrogen-bond donors (Lipinski definition) is 1. The third kappa shape index (κ3) is 6.35. The summed E-state index contributed by atoms with van der Waals surface area (Å²) in [5.74, 6) is 0.552. The summed E-state index contributed by atoms with van der Waals surface area (Å²) < 4.78 is 5.34. The van der Waals surface area contributed by atoms with Crippen molar-refractivity contribution in [3.63, 3.8) is 0 Å². The van der Waals surface area contributed by atoms with Crippen LogP contribution in [0, 0.1) is 0 Å². The van der Waals surface area contributed by atoms with E-state index in [4.69, 9.17) is 4.74 Å². The fraction of sp³-hybridized carbons (Fsp3) is 0.357. The summed E-state index contributed by atoms with van der Waals surface area (Å²) in [5, 5.41) is 5.34. The van der Waals surface area contributed by atoms with Crippen LogP contribution in [0.25, 0.3) is 10.8 Å². The number of hydrogen-bond acceptors (Lipinski definition) is 3. The normalized spacial score (nSPS) is 12.7. The van der Waals surface area contributed by atoms with Crippen LogP contribution < -0.4 is 10.1 Å². The number of nitrogens with one attached hydrogen (secondary N) is 1. The molecular formula is C28H34N2O3. The Morgan fingerprint density at radius 2 is 1.73 bits per heavy atom. The van der Waals surface area contributed by atoms with E-state index in [1.54, 1.807) is 18.9 Å². The summed E-state index contributed by atoms with van der Waals surface area (Å²) >= 11 is 0. The Bertz CT molecular complexity index is 1090. The van der Waals surface area contributed by atoms with Gasteiger partial charge in [0.2, 0.25) is 11.8 Å². The van der Waals surface area contributed by atoms with Gasteiger partial charge in [-0.3, -0.25) is 9.59 Å². The second-order valence-corrected chi connectivity index (χ2v) is 8.51. The van der Waals surface area contributed by atoms with Crippen LogP contribution in [0.1, 0.15) is 44.7 Å². The number of carbonyl (C=O) groups is 2. The van der Waals surface area contributed by atoms with Gasteiger partial charge in [0.05, 0.1) is 7.11 Å². The summed E-state index contributed by atoms with van der Waals surface area (Å²) in [7, 11) is 1.62. The minimum atomic E-state index is -0.579. The van der Waals surface area contributed by atoms with E-state index in [-0.39, 0.29) is 17.9 Å². The predicted octanol–water partition coefficient (Wildman–Crippen LogP) is 5.11. The number of aryl methyl sites for hydroxylation is 1. The molecule has 174 valence electrons. The Labute approximate surface area is 196 Å². The van der Waals surface area contributed by atoms with Crippen LogP contribution in [0.3, 0.4) is 0 Å². The average molecular weight is 447 g/mol. The summed E-state index contributed by atoms with van der Waals surface area (Å²) in [6.45, 7) is 6.15. The van der Waals surface area contributed by atoms with Crippen LogP contribution in [-0.2, 0) is 22.6 Å². The largest absolute Gasteiger partial charge is 0.497 e. The lowest BCUT2D eigenvalue weighted by molar-refractivity contribution is -0.140. The van der Waals surface area contributed by atoms with Gasteiger partial charge in [0.1, 0.15) is 11.8 Å². The van der Waals surface area contributed by atoms with E-state index in [0.29, 0.717) is 19.4 Å². The quantitative estimate of drug-likeness (QED) is 0.471. The molecule has 0 spiro atoms. The van der Waals surface area contributed by atoms with Crippen LogP contribution in [0.15, 0.2) is 66.7 Å². The van der Waals surface area contributed by atoms with Crippen LogP contribution in [0.4, 0.5) is 0 Å². The number of rotatable bonds is 10. The molecule has 0 bridgehead atoms. The minimum absolute atomic E-state index is 0.0439. The third-order valence-electron chi connectivity index (χ3n) is 6.14. The van der Waals surface area contributed by atoms with Gasteiger partial charge >= 0.3 is 0 Å². The van der Waals surface area contributed by atoms with Gasteiger partial charge in [-0.25, -0.2) is 0 Å². The second-order valence-electron chi connectivity index (χ2n) is 8.51. The zero-order valence-electron chi connectivity index (χ0n) is 20.0. The maximum Gasteiger partial charge on any atom is 0.242 e. The molecule has 5 heteroatoms. The standard InChI is InChI=1S/C28H34N2O3/c1-5-20(2)29-28(32)21(3)30(19-22-10-8-14-25(18-22)33-4)27(31)17-16-24-13-9-12-23-11-6-7-15-26(23)24/h6-15,18,20-21H,5,16-17,19H2,1-4H3,(H,29,32)/t20-,21-/m1/s1. The molecule has 0 radical (unpaired) electrons. The number of fused-ring (bicyclic) bond motifs is 1. The molecule has 0 fully saturated rings. The Morgan fingerprint density at radius 3 is 2.48 bits per heavy atom. The SMILES string of the molecule is CC[C@@H](C)NC(=O)[C@@H](C)N(Cc1cccc(OC)c1)C(=O)CCc1cccc2ccccc12. The zero-order chi connectivity index (χ0) is 23.8. The van der Waals surface area contributed by atoms with Crippen LogP contribution >= 0.6 is 0 Å². The Balaban J connectivity index is 1.80. The molecule has 0 saturated heterocycles. The number of amides is 2. The van der Waals surface area contributed by atoms with E-state index < -0.39 is 6.04 Å². The fourth-order valence-corrected chi connectivity index (χ4v) is 3.91. The molecule has 0 aliphatic rings. The monoisotopic (exact) mass is 446 g/mol. The molecule has 5 nitrogen and oxygen atoms in total. The summed E-state index contributed by atoms with van der Waals surface area (Å²) in [6, 6.07) is 21.5. The van der Waals surface area contributed by atoms with Crippen molar-refractivity contribution in [2.45, 2.75) is 58.7 Å². The van der Waals surface area contributed by atoms with Crippen molar-refractivity contribution in [1.82, 2.24) is 10.2 Å². The molecule has 33 heavy (non-hydrogen) atoms. The molecule has 1 N–H and O–H groups in total. The van der Waals surface area contributed by atoms with Crippen LogP contribution in [0.2, 0.25) is 0 Å². The summed E-state index contributed by atoms with van der Waals surface area (Å²) in [6.07, 6.45) is 1.79. The lowest BCUT2D eigenvalue weighted by Gasteiger charge is -2.30. The number of methoxy groups -OCH3 is 1. The lowest BCUT2D eigenvalue weighted by atomic mass is 10.0. The van der Waals surface area contributed by atoms with Gasteiger partial charge < -0.3 is 15.0 Å². The molecule has 3 aromatic rings. The number of benzene rings is 3. The fourth-order valence-electron chi connectivity index (χ4n) is 3.91. The molecule has 3 rings (SSSR count). The molecule has 2 amide bonds. The lowest BCUT2D eigenvalue weighted by Crippen LogP contribution is -2.49. The van der Waals surface area contributed by atoms with Gasteiger partial charge in [-0.2, -0.15) is 0 Å². The molecule has 0 aliphatic carbocycles. The van der Waals surface area contributed by atoms with E-state index in [0.717, 1.165) is 34.1 Å². The highest BCUT2D eigenvalue weighted by atomic mass is 16.5. The first-order valence-corrected chi connectivity index (χ1v) is 11.6. The second kappa shape index (κ2) is 11.5. The number of carbonyl (C=O) groups excluding carboxylic acids is 2. The smallest absolute Gasteiger partial charge is 0.242 e. The zero-order valence-corrected chi connectivity index (χ0v) is 20.0. The number of ether oxygens (including phenoxy) is 1. The Morgan fingerprint density at radius 1 is 1.00 bits per heavy atom. The maximum atomic E-state index is 13.4. The topological polar surface area (TPSA) is 58.6 Å². The highest BCUT2D eigenvalue weighted by Gasteiger charge is 2.26. The van der Waals surface area contributed by atoms with Gasteiger partial charge in [-0.1, -0.05) is 61.5 Å². The first kappa shape index (κ1) is 24.3. The first-order valence-electron chi connectivity index (χ1n) is 11.6. The molecule has 0 saturated carbocycles. The van der Waals surface area contributed by atoms with Crippen molar-refractivity contribution in [1.29, 1.82) is 0 Å². The van der Waals surface area contributed by atoms with Gasteiger partial charge in [0.15, 0.2) is 0 Å². The van der Waals surface area contributed by atoms with Gasteiger partial charge in [0, 0.05) is 19.0 Å². The van der Waals surface area contributed by atoms with Gasteiger partial charge in [0.25, 0.3) is 0 Å². The van der Waals surface area contributed by atoms with Gasteiger partial charge in [-0.05, 0) is 60.7 Å². The van der Waals surface area contributed by atoms with E-state index in [9.17, 15) is 9.59 Å². The van der Waals surface area contributed by atoms with Crippen molar-refractivity contribution < 1.29 is 14.3 Å². The Kier molecular flexibility index (Phi) is 8.47. The number of nitrogens with zero attached hydrogens (tertiary/aromatic N) is 1. The summed E-state index contributed by atoms with van der Waals surface area (Å²) in [5.41, 5.74) is 2.07. The van der Waals surface area contributed by atoms with Crippen molar-refractivity contribution in [2.75, 3.05) is 7.11 Å². The highest BCUT2D eigenvalue weighted by Crippen LogP contribution is 2.21. The molecule has 2 atom stereocenters. The maximum absolute atomic E-state index is 13.4. The predicted molar refractivity (Wildman–Crippen MR) is 133 cm³/mol. The minimum Gasteiger partial charge on any atom is -0.497 e. The van der Waals surface area contributed by atoms with Crippen molar-refractivity contribution in [3.05, 3.63) is 77.9 Å². The summed E-state index contributed by atoms with van der Waals surface area (Å²) in [4.78, 5) is 28.0. The first-order chi connectivity index (χ1) is 15.9. The molecule has 0 unspecified atom stereocenters. The average Bonchev–Trinajstić information content (AvgIpc) is 2.85. The molecule has 0 heterocycles. The van der Waals surface area contributed by atoms with E-state index in [1.807, 2.05) is 56.3 Å². The van der Waals surface area contributed by atoms with Gasteiger partial charge in [-0.15, -0.1) is 0 Å².